The molecule has 3 rings (SSSR count). The van der Waals surface area contributed by atoms with Crippen LogP contribution in [0.2, 0.25) is 0 Å². The molecule has 0 unspecified atom stereocenters. The van der Waals surface area contributed by atoms with E-state index in [0.29, 0.717) is 5.69 Å². The molecule has 1 aromatic heterocycles. The number of carbonyl (C=O) groups excluding carboxylic acids is 1. The van der Waals surface area contributed by atoms with Gasteiger partial charge in [-0.2, -0.15) is 0 Å². The van der Waals surface area contributed by atoms with Gasteiger partial charge < -0.3 is 10.3 Å². The fourth-order valence-corrected chi connectivity index (χ4v) is 2.27. The third-order valence-electron chi connectivity index (χ3n) is 3.36. The van der Waals surface area contributed by atoms with Crippen molar-refractivity contribution in [2.24, 2.45) is 0 Å². The summed E-state index contributed by atoms with van der Waals surface area (Å²) < 4.78 is 53.3. The van der Waals surface area contributed by atoms with E-state index in [1.807, 2.05) is 24.3 Å². The Hall–Kier alpha value is -2.83. The topological polar surface area (TPSA) is 44.9 Å². The Morgan fingerprint density at radius 2 is 1.65 bits per heavy atom. The van der Waals surface area contributed by atoms with Gasteiger partial charge in [0, 0.05) is 17.3 Å². The first-order chi connectivity index (χ1) is 11.0. The van der Waals surface area contributed by atoms with Crippen molar-refractivity contribution < 1.29 is 22.4 Å². The largest absolute Gasteiger partial charge is 0.357 e. The van der Waals surface area contributed by atoms with Crippen molar-refractivity contribution in [3.05, 3.63) is 70.9 Å². The molecule has 0 aliphatic rings. The number of para-hydroxylation sites is 1. The van der Waals surface area contributed by atoms with Crippen LogP contribution < -0.4 is 5.32 Å². The molecular formula is C16H10F4N2O. The lowest BCUT2D eigenvalue weighted by molar-refractivity contribution is 0.0939. The normalized spacial score (nSPS) is 11.0. The molecule has 0 aliphatic carbocycles. The molecule has 1 heterocycles. The van der Waals surface area contributed by atoms with Gasteiger partial charge in [0.15, 0.2) is 23.3 Å². The molecule has 0 bridgehead atoms. The molecule has 0 spiro atoms. The summed E-state index contributed by atoms with van der Waals surface area (Å²) in [5.41, 5.74) is 0.127. The van der Waals surface area contributed by atoms with E-state index in [1.54, 1.807) is 6.07 Å². The van der Waals surface area contributed by atoms with Gasteiger partial charge in [-0.1, -0.05) is 18.2 Å². The van der Waals surface area contributed by atoms with Crippen LogP contribution in [-0.2, 0) is 6.54 Å². The standard InChI is InChI=1S/C16H10F4N2O/c17-10-6-11(18)15(20)13(14(10)19)16(23)21-7-9-5-8-3-1-2-4-12(8)22-9/h1-6,22H,7H2,(H,21,23). The van der Waals surface area contributed by atoms with E-state index in [1.165, 1.54) is 0 Å². The number of rotatable bonds is 3. The molecule has 0 atom stereocenters. The Morgan fingerprint density at radius 3 is 2.30 bits per heavy atom. The fourth-order valence-electron chi connectivity index (χ4n) is 2.27. The van der Waals surface area contributed by atoms with E-state index >= 15 is 0 Å². The van der Waals surface area contributed by atoms with Crippen LogP contribution in [-0.4, -0.2) is 10.9 Å². The number of aromatic nitrogens is 1. The van der Waals surface area contributed by atoms with Gasteiger partial charge in [0.05, 0.1) is 6.54 Å². The summed E-state index contributed by atoms with van der Waals surface area (Å²) in [6, 6.07) is 9.12. The maximum Gasteiger partial charge on any atom is 0.257 e. The molecule has 118 valence electrons. The van der Waals surface area contributed by atoms with Gasteiger partial charge in [0.25, 0.3) is 5.91 Å². The molecule has 0 radical (unpaired) electrons. The van der Waals surface area contributed by atoms with Crippen LogP contribution in [0, 0.1) is 23.3 Å². The summed E-state index contributed by atoms with van der Waals surface area (Å²) in [6.45, 7) is -0.0788. The van der Waals surface area contributed by atoms with Gasteiger partial charge in [-0.25, -0.2) is 17.6 Å². The average molecular weight is 322 g/mol. The lowest BCUT2D eigenvalue weighted by Crippen LogP contribution is -2.26. The average Bonchev–Trinajstić information content (AvgIpc) is 2.94. The number of carbonyl (C=O) groups is 1. The van der Waals surface area contributed by atoms with E-state index < -0.39 is 34.7 Å². The Balaban J connectivity index is 1.82. The highest BCUT2D eigenvalue weighted by atomic mass is 19.2. The van der Waals surface area contributed by atoms with Crippen LogP contribution in [0.3, 0.4) is 0 Å². The number of H-pyrrole nitrogens is 1. The first-order valence-electron chi connectivity index (χ1n) is 6.65. The van der Waals surface area contributed by atoms with Crippen molar-refractivity contribution in [1.29, 1.82) is 0 Å². The minimum atomic E-state index is -1.72. The van der Waals surface area contributed by atoms with Crippen LogP contribution in [0.1, 0.15) is 16.1 Å². The van der Waals surface area contributed by atoms with Crippen molar-refractivity contribution in [3.8, 4) is 0 Å². The first-order valence-corrected chi connectivity index (χ1v) is 6.65. The molecule has 0 saturated carbocycles. The molecule has 0 fully saturated rings. The first kappa shape index (κ1) is 15.1. The molecule has 1 amide bonds. The zero-order chi connectivity index (χ0) is 16.6. The van der Waals surface area contributed by atoms with Crippen molar-refractivity contribution in [3.63, 3.8) is 0 Å². The number of fused-ring (bicyclic) bond motifs is 1. The Labute approximate surface area is 127 Å². The predicted molar refractivity (Wildman–Crippen MR) is 75.7 cm³/mol. The lowest BCUT2D eigenvalue weighted by atomic mass is 10.1. The van der Waals surface area contributed by atoms with Crippen molar-refractivity contribution in [2.75, 3.05) is 0 Å². The number of aromatic amines is 1. The van der Waals surface area contributed by atoms with E-state index in [2.05, 4.69) is 10.3 Å². The van der Waals surface area contributed by atoms with E-state index in [0.717, 1.165) is 10.9 Å². The molecule has 0 aliphatic heterocycles. The second-order valence-corrected chi connectivity index (χ2v) is 4.91. The number of halogens is 4. The third kappa shape index (κ3) is 2.77. The quantitative estimate of drug-likeness (QED) is 0.561. The van der Waals surface area contributed by atoms with Gasteiger partial charge in [-0.15, -0.1) is 0 Å². The highest BCUT2D eigenvalue weighted by Crippen LogP contribution is 2.19. The fraction of sp³-hybridized carbons (Fsp3) is 0.0625. The highest BCUT2D eigenvalue weighted by Gasteiger charge is 2.24. The molecule has 2 N–H and O–H groups in total. The molecule has 0 saturated heterocycles. The highest BCUT2D eigenvalue weighted by molar-refractivity contribution is 5.94. The van der Waals surface area contributed by atoms with Gasteiger partial charge in [-0.3, -0.25) is 4.79 Å². The monoisotopic (exact) mass is 322 g/mol. The third-order valence-corrected chi connectivity index (χ3v) is 3.36. The van der Waals surface area contributed by atoms with Gasteiger partial charge in [0.2, 0.25) is 0 Å². The van der Waals surface area contributed by atoms with Crippen molar-refractivity contribution in [1.82, 2.24) is 10.3 Å². The second-order valence-electron chi connectivity index (χ2n) is 4.91. The van der Waals surface area contributed by atoms with Crippen LogP contribution >= 0.6 is 0 Å². The maximum atomic E-state index is 13.5. The lowest BCUT2D eigenvalue weighted by Gasteiger charge is -2.07. The summed E-state index contributed by atoms with van der Waals surface area (Å²) in [4.78, 5) is 14.8. The minimum absolute atomic E-state index is 0.0547. The van der Waals surface area contributed by atoms with Crippen molar-refractivity contribution in [2.45, 2.75) is 6.54 Å². The molecule has 7 heteroatoms. The van der Waals surface area contributed by atoms with Crippen LogP contribution in [0.4, 0.5) is 17.6 Å². The molecular weight excluding hydrogens is 312 g/mol. The number of nitrogens with one attached hydrogen (secondary N) is 2. The Bertz CT molecular complexity index is 845. The van der Waals surface area contributed by atoms with Gasteiger partial charge >= 0.3 is 0 Å². The zero-order valence-electron chi connectivity index (χ0n) is 11.6. The van der Waals surface area contributed by atoms with E-state index in [-0.39, 0.29) is 12.6 Å². The van der Waals surface area contributed by atoms with E-state index in [4.69, 9.17) is 0 Å². The van der Waals surface area contributed by atoms with Gasteiger partial charge in [-0.05, 0) is 17.5 Å². The molecule has 2 aromatic carbocycles. The maximum absolute atomic E-state index is 13.5. The predicted octanol–water partition coefficient (Wildman–Crippen LogP) is 3.65. The minimum Gasteiger partial charge on any atom is -0.357 e. The van der Waals surface area contributed by atoms with Crippen molar-refractivity contribution >= 4 is 16.8 Å². The SMILES string of the molecule is O=C(NCc1cc2ccccc2[nH]1)c1c(F)c(F)cc(F)c1F. The molecule has 23 heavy (non-hydrogen) atoms. The van der Waals surface area contributed by atoms with Crippen LogP contribution in [0.5, 0.6) is 0 Å². The number of hydrogen-bond acceptors (Lipinski definition) is 1. The molecule has 3 nitrogen and oxygen atoms in total. The Morgan fingerprint density at radius 1 is 1.00 bits per heavy atom. The van der Waals surface area contributed by atoms with Crippen LogP contribution in [0.15, 0.2) is 36.4 Å². The zero-order valence-corrected chi connectivity index (χ0v) is 11.6. The summed E-state index contributed by atoms with van der Waals surface area (Å²) in [7, 11) is 0. The van der Waals surface area contributed by atoms with E-state index in [9.17, 15) is 22.4 Å². The smallest absolute Gasteiger partial charge is 0.257 e. The van der Waals surface area contributed by atoms with Gasteiger partial charge in [0.1, 0.15) is 5.56 Å². The summed E-state index contributed by atoms with van der Waals surface area (Å²) in [5, 5.41) is 3.12. The number of benzene rings is 2. The Kier molecular flexibility index (Phi) is 3.77. The summed E-state index contributed by atoms with van der Waals surface area (Å²) >= 11 is 0. The molecule has 3 aromatic rings. The summed E-state index contributed by atoms with van der Waals surface area (Å²) in [5.74, 6) is -7.94. The number of hydrogen-bond donors (Lipinski definition) is 2. The number of amides is 1. The van der Waals surface area contributed by atoms with Crippen LogP contribution in [0.25, 0.3) is 10.9 Å². The second kappa shape index (κ2) is 5.75. The summed E-state index contributed by atoms with van der Waals surface area (Å²) in [6.07, 6.45) is 0.